The third-order valence-corrected chi connectivity index (χ3v) is 5.10. The van der Waals surface area contributed by atoms with Gasteiger partial charge in [0.25, 0.3) is 0 Å². The van der Waals surface area contributed by atoms with Crippen molar-refractivity contribution < 1.29 is 0 Å². The highest BCUT2D eigenvalue weighted by molar-refractivity contribution is 14.0. The normalized spacial score (nSPS) is 16.4. The van der Waals surface area contributed by atoms with E-state index in [1.807, 2.05) is 6.92 Å². The van der Waals surface area contributed by atoms with Gasteiger partial charge in [-0.3, -0.25) is 14.6 Å². The minimum Gasteiger partial charge on any atom is -0.357 e. The molecule has 0 saturated carbocycles. The van der Waals surface area contributed by atoms with Crippen LogP contribution < -0.4 is 10.6 Å². The highest BCUT2D eigenvalue weighted by Gasteiger charge is 2.24. The molecular weight excluding hydrogens is 451 g/mol. The SMILES string of the molecule is CCNC(=NCC(C(C)C)N1CCCC1)NCCCn1nc(C)cc1C.I. The number of hydrogen-bond acceptors (Lipinski definition) is 3. The maximum Gasteiger partial charge on any atom is 0.191 e. The van der Waals surface area contributed by atoms with Crippen LogP contribution in [0.4, 0.5) is 0 Å². The van der Waals surface area contributed by atoms with E-state index in [-0.39, 0.29) is 24.0 Å². The van der Waals surface area contributed by atoms with Crippen LogP contribution in [0, 0.1) is 19.8 Å². The zero-order valence-electron chi connectivity index (χ0n) is 17.8. The predicted molar refractivity (Wildman–Crippen MR) is 125 cm³/mol. The molecule has 27 heavy (non-hydrogen) atoms. The maximum atomic E-state index is 4.88. The van der Waals surface area contributed by atoms with Crippen LogP contribution in [0.25, 0.3) is 0 Å². The number of hydrogen-bond donors (Lipinski definition) is 2. The fraction of sp³-hybridized carbons (Fsp3) is 0.800. The molecule has 0 aromatic carbocycles. The topological polar surface area (TPSA) is 57.5 Å². The molecule has 1 unspecified atom stereocenters. The molecule has 2 rings (SSSR count). The molecule has 0 amide bonds. The monoisotopic (exact) mass is 490 g/mol. The van der Waals surface area contributed by atoms with Crippen LogP contribution in [0.2, 0.25) is 0 Å². The Balaban J connectivity index is 0.00000364. The van der Waals surface area contributed by atoms with Crippen molar-refractivity contribution in [3.8, 4) is 0 Å². The molecule has 156 valence electrons. The molecule has 6 nitrogen and oxygen atoms in total. The largest absolute Gasteiger partial charge is 0.357 e. The highest BCUT2D eigenvalue weighted by Crippen LogP contribution is 2.17. The van der Waals surface area contributed by atoms with E-state index in [1.165, 1.54) is 31.6 Å². The molecule has 1 saturated heterocycles. The highest BCUT2D eigenvalue weighted by atomic mass is 127. The number of rotatable bonds is 9. The summed E-state index contributed by atoms with van der Waals surface area (Å²) in [6.45, 7) is 17.0. The average Bonchev–Trinajstić information content (AvgIpc) is 3.21. The number of guanidine groups is 1. The number of nitrogens with one attached hydrogen (secondary N) is 2. The van der Waals surface area contributed by atoms with Crippen molar-refractivity contribution in [3.05, 3.63) is 17.5 Å². The van der Waals surface area contributed by atoms with E-state index in [1.54, 1.807) is 0 Å². The second-order valence-electron chi connectivity index (χ2n) is 7.70. The van der Waals surface area contributed by atoms with Crippen molar-refractivity contribution in [2.45, 2.75) is 66.5 Å². The molecule has 1 aliphatic heterocycles. The van der Waals surface area contributed by atoms with Crippen LogP contribution in [-0.2, 0) is 6.54 Å². The van der Waals surface area contributed by atoms with E-state index in [0.29, 0.717) is 12.0 Å². The second kappa shape index (κ2) is 12.6. The van der Waals surface area contributed by atoms with Crippen LogP contribution in [0.5, 0.6) is 0 Å². The Labute approximate surface area is 182 Å². The van der Waals surface area contributed by atoms with E-state index in [0.717, 1.165) is 44.3 Å². The van der Waals surface area contributed by atoms with Gasteiger partial charge in [0.15, 0.2) is 5.96 Å². The minimum atomic E-state index is 0. The summed E-state index contributed by atoms with van der Waals surface area (Å²) in [7, 11) is 0. The number of likely N-dealkylation sites (tertiary alicyclic amines) is 1. The quantitative estimate of drug-likeness (QED) is 0.242. The summed E-state index contributed by atoms with van der Waals surface area (Å²) in [5, 5.41) is 11.4. The fourth-order valence-corrected chi connectivity index (χ4v) is 3.68. The van der Waals surface area contributed by atoms with Crippen molar-refractivity contribution in [2.24, 2.45) is 10.9 Å². The molecule has 1 aromatic rings. The van der Waals surface area contributed by atoms with Gasteiger partial charge in [-0.25, -0.2) is 0 Å². The van der Waals surface area contributed by atoms with Gasteiger partial charge in [-0.05, 0) is 65.1 Å². The molecule has 7 heteroatoms. The first-order valence-electron chi connectivity index (χ1n) is 10.3. The zero-order chi connectivity index (χ0) is 18.9. The average molecular weight is 490 g/mol. The molecular formula is C20H39IN6. The Morgan fingerprint density at radius 3 is 2.48 bits per heavy atom. The summed E-state index contributed by atoms with van der Waals surface area (Å²) in [5.41, 5.74) is 2.32. The fourth-order valence-electron chi connectivity index (χ4n) is 3.68. The minimum absolute atomic E-state index is 0. The number of aliphatic imine (C=N–C) groups is 1. The van der Waals surface area contributed by atoms with Crippen molar-refractivity contribution >= 4 is 29.9 Å². The Hall–Kier alpha value is -0.830. The van der Waals surface area contributed by atoms with Crippen LogP contribution in [0.3, 0.4) is 0 Å². The molecule has 0 radical (unpaired) electrons. The van der Waals surface area contributed by atoms with E-state index < -0.39 is 0 Å². The van der Waals surface area contributed by atoms with Crippen LogP contribution in [-0.4, -0.2) is 59.4 Å². The summed E-state index contributed by atoms with van der Waals surface area (Å²) >= 11 is 0. The predicted octanol–water partition coefficient (Wildman–Crippen LogP) is 3.18. The van der Waals surface area contributed by atoms with Crippen molar-refractivity contribution in [1.29, 1.82) is 0 Å². The van der Waals surface area contributed by atoms with E-state index in [9.17, 15) is 0 Å². The first-order chi connectivity index (χ1) is 12.5. The number of halogens is 1. The lowest BCUT2D eigenvalue weighted by molar-refractivity contribution is 0.197. The van der Waals surface area contributed by atoms with Gasteiger partial charge < -0.3 is 10.6 Å². The molecule has 2 N–H and O–H groups in total. The Kier molecular flexibility index (Phi) is 11.3. The molecule has 1 fully saturated rings. The number of aryl methyl sites for hydroxylation is 3. The maximum absolute atomic E-state index is 4.88. The van der Waals surface area contributed by atoms with Gasteiger partial charge in [-0.2, -0.15) is 5.10 Å². The summed E-state index contributed by atoms with van der Waals surface area (Å²) in [5.74, 6) is 1.57. The Bertz CT molecular complexity index is 563. The summed E-state index contributed by atoms with van der Waals surface area (Å²) in [4.78, 5) is 7.49. The molecule has 1 aromatic heterocycles. The lowest BCUT2D eigenvalue weighted by atomic mass is 10.0. The first kappa shape index (κ1) is 24.2. The third kappa shape index (κ3) is 7.97. The number of nitrogens with zero attached hydrogens (tertiary/aromatic N) is 4. The van der Waals surface area contributed by atoms with E-state index >= 15 is 0 Å². The Morgan fingerprint density at radius 2 is 1.93 bits per heavy atom. The van der Waals surface area contributed by atoms with Gasteiger partial charge in [0.05, 0.1) is 12.2 Å². The smallest absolute Gasteiger partial charge is 0.191 e. The van der Waals surface area contributed by atoms with Gasteiger partial charge in [0.1, 0.15) is 0 Å². The summed E-state index contributed by atoms with van der Waals surface area (Å²) in [6.07, 6.45) is 3.70. The molecule has 0 aliphatic carbocycles. The molecule has 2 heterocycles. The van der Waals surface area contributed by atoms with E-state index in [4.69, 9.17) is 4.99 Å². The molecule has 0 spiro atoms. The van der Waals surface area contributed by atoms with Gasteiger partial charge in [0, 0.05) is 31.4 Å². The summed E-state index contributed by atoms with van der Waals surface area (Å²) in [6, 6.07) is 2.67. The lowest BCUT2D eigenvalue weighted by Gasteiger charge is -2.29. The van der Waals surface area contributed by atoms with Crippen molar-refractivity contribution in [1.82, 2.24) is 25.3 Å². The van der Waals surface area contributed by atoms with Crippen LogP contribution in [0.1, 0.15) is 51.4 Å². The first-order valence-corrected chi connectivity index (χ1v) is 10.3. The molecule has 1 atom stereocenters. The van der Waals surface area contributed by atoms with E-state index in [2.05, 4.69) is 59.1 Å². The van der Waals surface area contributed by atoms with Crippen molar-refractivity contribution in [3.63, 3.8) is 0 Å². The lowest BCUT2D eigenvalue weighted by Crippen LogP contribution is -2.42. The second-order valence-corrected chi connectivity index (χ2v) is 7.70. The van der Waals surface area contributed by atoms with Gasteiger partial charge in [-0.1, -0.05) is 13.8 Å². The zero-order valence-corrected chi connectivity index (χ0v) is 20.1. The summed E-state index contributed by atoms with van der Waals surface area (Å²) < 4.78 is 2.09. The van der Waals surface area contributed by atoms with Gasteiger partial charge >= 0.3 is 0 Å². The molecule has 0 bridgehead atoms. The van der Waals surface area contributed by atoms with Gasteiger partial charge in [0.2, 0.25) is 0 Å². The third-order valence-electron chi connectivity index (χ3n) is 5.10. The van der Waals surface area contributed by atoms with Gasteiger partial charge in [-0.15, -0.1) is 24.0 Å². The van der Waals surface area contributed by atoms with Crippen LogP contribution >= 0.6 is 24.0 Å². The Morgan fingerprint density at radius 1 is 1.22 bits per heavy atom. The van der Waals surface area contributed by atoms with Crippen LogP contribution in [0.15, 0.2) is 11.1 Å². The number of aromatic nitrogens is 2. The molecule has 1 aliphatic rings. The van der Waals surface area contributed by atoms with Crippen molar-refractivity contribution in [2.75, 3.05) is 32.7 Å². The standard InChI is InChI=1S/C20H38N6.HI/c1-6-21-20(22-10-9-13-26-18(5)14-17(4)24-26)23-15-19(16(2)3)25-11-7-8-12-25;/h14,16,19H,6-13,15H2,1-5H3,(H2,21,22,23);1H.